The lowest BCUT2D eigenvalue weighted by Crippen LogP contribution is -2.16. The van der Waals surface area contributed by atoms with Gasteiger partial charge in [0, 0.05) is 47.9 Å². The van der Waals surface area contributed by atoms with Gasteiger partial charge in [0.05, 0.1) is 28.9 Å². The quantitative estimate of drug-likeness (QED) is 0.118. The van der Waals surface area contributed by atoms with Gasteiger partial charge in [0.1, 0.15) is 17.3 Å². The van der Waals surface area contributed by atoms with Crippen LogP contribution in [0.5, 0.6) is 5.75 Å². The zero-order chi connectivity index (χ0) is 32.4. The number of fused-ring (bicyclic) bond motifs is 2. The number of aromatic carboxylic acids is 1. The first-order chi connectivity index (χ1) is 22.3. The zero-order valence-electron chi connectivity index (χ0n) is 26.1. The summed E-state index contributed by atoms with van der Waals surface area (Å²) >= 11 is 6.90. The number of nitrogens with one attached hydrogen (secondary N) is 1. The molecule has 3 N–H and O–H groups in total. The molecule has 0 saturated carbocycles. The minimum Gasteiger partial charge on any atom is -0.493 e. The minimum atomic E-state index is -1.07. The molecular weight excluding hydrogens is 609 g/mol. The van der Waals surface area contributed by atoms with Crippen molar-refractivity contribution in [3.8, 4) is 16.9 Å². The highest BCUT2D eigenvalue weighted by molar-refractivity contribution is 6.35. The van der Waals surface area contributed by atoms with E-state index in [-0.39, 0.29) is 11.5 Å². The highest BCUT2D eigenvalue weighted by Gasteiger charge is 2.29. The predicted octanol–water partition coefficient (Wildman–Crippen LogP) is 8.03. The molecule has 6 rings (SSSR count). The second-order valence-electron chi connectivity index (χ2n) is 12.0. The van der Waals surface area contributed by atoms with Crippen molar-refractivity contribution < 1.29 is 28.9 Å². The first kappa shape index (κ1) is 32.0. The van der Waals surface area contributed by atoms with Crippen LogP contribution in [-0.2, 0) is 24.6 Å². The van der Waals surface area contributed by atoms with Crippen LogP contribution in [0.25, 0.3) is 32.8 Å². The number of carboxylic acids is 1. The van der Waals surface area contributed by atoms with Crippen LogP contribution in [0.15, 0.2) is 48.5 Å². The first-order valence-corrected chi connectivity index (χ1v) is 16.3. The van der Waals surface area contributed by atoms with Crippen molar-refractivity contribution in [3.05, 3.63) is 82.0 Å². The molecule has 0 amide bonds. The maximum Gasteiger partial charge on any atom is 0.352 e. The van der Waals surface area contributed by atoms with Crippen molar-refractivity contribution in [1.29, 1.82) is 0 Å². The molecule has 1 aliphatic rings. The molecule has 1 fully saturated rings. The van der Waals surface area contributed by atoms with Crippen LogP contribution in [0.3, 0.4) is 0 Å². The van der Waals surface area contributed by atoms with Crippen LogP contribution in [-0.4, -0.2) is 50.8 Å². The van der Waals surface area contributed by atoms with Crippen molar-refractivity contribution in [2.75, 3.05) is 19.8 Å². The number of hydrogen-bond donors (Lipinski definition) is 3. The number of benzene rings is 3. The van der Waals surface area contributed by atoms with Gasteiger partial charge in [-0.05, 0) is 92.1 Å². The van der Waals surface area contributed by atoms with Crippen molar-refractivity contribution >= 4 is 39.2 Å². The average Bonchev–Trinajstić information content (AvgIpc) is 3.59. The van der Waals surface area contributed by atoms with Crippen LogP contribution in [0.2, 0.25) is 5.02 Å². The van der Waals surface area contributed by atoms with Gasteiger partial charge < -0.3 is 24.7 Å². The van der Waals surface area contributed by atoms with E-state index in [4.69, 9.17) is 26.2 Å². The second-order valence-corrected chi connectivity index (χ2v) is 12.4. The van der Waals surface area contributed by atoms with Crippen molar-refractivity contribution in [2.24, 2.45) is 13.0 Å². The summed E-state index contributed by atoms with van der Waals surface area (Å²) in [5, 5.41) is 29.2. The molecule has 2 aromatic heterocycles. The summed E-state index contributed by atoms with van der Waals surface area (Å²) in [6.07, 6.45) is 4.25. The van der Waals surface area contributed by atoms with Gasteiger partial charge in [-0.3, -0.25) is 4.68 Å². The number of aromatic amines is 1. The first-order valence-electron chi connectivity index (χ1n) is 16.0. The molecule has 1 unspecified atom stereocenters. The zero-order valence-corrected chi connectivity index (χ0v) is 26.9. The Bertz CT molecular complexity index is 1880. The Kier molecular flexibility index (Phi) is 9.63. The molecular formula is C36H39ClFN3O5. The Hall–Kier alpha value is -3.92. The van der Waals surface area contributed by atoms with Crippen molar-refractivity contribution in [1.82, 2.24) is 14.8 Å². The molecule has 1 saturated heterocycles. The van der Waals surface area contributed by atoms with Gasteiger partial charge >= 0.3 is 5.97 Å². The fourth-order valence-corrected chi connectivity index (χ4v) is 7.07. The fourth-order valence-electron chi connectivity index (χ4n) is 6.82. The molecule has 46 heavy (non-hydrogen) atoms. The fraction of sp³-hybridized carbons (Fsp3) is 0.389. The number of H-pyrrole nitrogens is 1. The van der Waals surface area contributed by atoms with Crippen LogP contribution >= 0.6 is 11.6 Å². The number of aromatic nitrogens is 3. The highest BCUT2D eigenvalue weighted by atomic mass is 35.5. The molecule has 0 bridgehead atoms. The number of carboxylic acid groups (broad SMARTS) is 1. The van der Waals surface area contributed by atoms with E-state index in [2.05, 4.69) is 4.98 Å². The summed E-state index contributed by atoms with van der Waals surface area (Å²) < 4.78 is 27.1. The van der Waals surface area contributed by atoms with Crippen LogP contribution < -0.4 is 4.74 Å². The number of nitrogens with zero attached hydrogens (tertiary/aromatic N) is 2. The number of aliphatic hydroxyl groups is 1. The number of aliphatic hydroxyl groups excluding tert-OH is 1. The summed E-state index contributed by atoms with van der Waals surface area (Å²) in [4.78, 5) is 15.7. The van der Waals surface area contributed by atoms with Gasteiger partial charge in [0.25, 0.3) is 0 Å². The standard InChI is InChI=1S/C36H39ClFN3O5/c1-3-28-32(35(40-41(28)2)29(42)14-9-21-15-18-45-19-16-21)31-27(37)13-12-26-25(34(36(43)44)39-33(26)31)7-5-17-46-30-8-4-6-22-20-23(38)10-11-24(22)30/h4,6,8,10-13,20-21,29,39,42H,3,5,7,9,14-19H2,1-2H3,(H,43,44). The summed E-state index contributed by atoms with van der Waals surface area (Å²) in [6, 6.07) is 13.7. The van der Waals surface area contributed by atoms with E-state index in [0.29, 0.717) is 71.3 Å². The topological polar surface area (TPSA) is 110 Å². The van der Waals surface area contributed by atoms with Gasteiger partial charge in [-0.2, -0.15) is 5.10 Å². The molecule has 1 aliphatic heterocycles. The van der Waals surface area contributed by atoms with Crippen molar-refractivity contribution in [2.45, 2.75) is 58.0 Å². The minimum absolute atomic E-state index is 0.0997. The Morgan fingerprint density at radius 2 is 1.96 bits per heavy atom. The summed E-state index contributed by atoms with van der Waals surface area (Å²) in [6.45, 7) is 3.88. The summed E-state index contributed by atoms with van der Waals surface area (Å²) in [5.41, 5.74) is 4.23. The van der Waals surface area contributed by atoms with E-state index in [1.54, 1.807) is 16.8 Å². The third-order valence-corrected chi connectivity index (χ3v) is 9.47. The smallest absolute Gasteiger partial charge is 0.352 e. The molecule has 0 aliphatic carbocycles. The highest BCUT2D eigenvalue weighted by Crippen LogP contribution is 2.43. The molecule has 5 aromatic rings. The molecule has 8 nitrogen and oxygen atoms in total. The van der Waals surface area contributed by atoms with E-state index in [0.717, 1.165) is 59.9 Å². The third kappa shape index (κ3) is 6.36. The van der Waals surface area contributed by atoms with E-state index < -0.39 is 12.1 Å². The van der Waals surface area contributed by atoms with Gasteiger partial charge in [-0.15, -0.1) is 0 Å². The van der Waals surface area contributed by atoms with Gasteiger partial charge in [0.15, 0.2) is 0 Å². The second kappa shape index (κ2) is 13.8. The number of hydrogen-bond acceptors (Lipinski definition) is 5. The maximum atomic E-state index is 13.7. The van der Waals surface area contributed by atoms with Gasteiger partial charge in [-0.1, -0.05) is 36.7 Å². The largest absolute Gasteiger partial charge is 0.493 e. The lowest BCUT2D eigenvalue weighted by Gasteiger charge is -2.23. The predicted molar refractivity (Wildman–Crippen MR) is 177 cm³/mol. The van der Waals surface area contributed by atoms with Crippen LogP contribution in [0.1, 0.15) is 72.6 Å². The monoisotopic (exact) mass is 647 g/mol. The lowest BCUT2D eigenvalue weighted by molar-refractivity contribution is 0.0565. The van der Waals surface area contributed by atoms with Crippen LogP contribution in [0, 0.1) is 11.7 Å². The Balaban J connectivity index is 1.30. The number of halogens is 2. The van der Waals surface area contributed by atoms with E-state index >= 15 is 0 Å². The van der Waals surface area contributed by atoms with E-state index in [9.17, 15) is 19.4 Å². The molecule has 242 valence electrons. The van der Waals surface area contributed by atoms with Crippen molar-refractivity contribution in [3.63, 3.8) is 0 Å². The van der Waals surface area contributed by atoms with Crippen LogP contribution in [0.4, 0.5) is 4.39 Å². The summed E-state index contributed by atoms with van der Waals surface area (Å²) in [5.74, 6) is -0.219. The molecule has 3 heterocycles. The SMILES string of the molecule is CCc1c(-c2c(Cl)ccc3c(CCCOc4cccc5cc(F)ccc45)c(C(=O)O)[nH]c23)c(C(O)CCC2CCOCC2)nn1C. The normalized spacial score (nSPS) is 14.7. The maximum absolute atomic E-state index is 13.7. The van der Waals surface area contributed by atoms with Gasteiger partial charge in [0.2, 0.25) is 0 Å². The molecule has 0 spiro atoms. The third-order valence-electron chi connectivity index (χ3n) is 9.16. The Morgan fingerprint density at radius 3 is 2.72 bits per heavy atom. The number of ether oxygens (including phenoxy) is 2. The van der Waals surface area contributed by atoms with E-state index in [1.807, 2.05) is 38.2 Å². The Morgan fingerprint density at radius 1 is 1.17 bits per heavy atom. The van der Waals surface area contributed by atoms with Gasteiger partial charge in [-0.25, -0.2) is 9.18 Å². The number of aryl methyl sites for hydroxylation is 2. The average molecular weight is 648 g/mol. The Labute approximate surface area is 272 Å². The molecule has 0 radical (unpaired) electrons. The lowest BCUT2D eigenvalue weighted by atomic mass is 9.90. The molecule has 3 aromatic carbocycles. The molecule has 1 atom stereocenters. The molecule has 10 heteroatoms. The number of rotatable bonds is 12. The summed E-state index contributed by atoms with van der Waals surface area (Å²) in [7, 11) is 1.86. The van der Waals surface area contributed by atoms with E-state index in [1.165, 1.54) is 12.1 Å². The number of carbonyl (C=O) groups is 1.